The molecule has 0 radical (unpaired) electrons. The van der Waals surface area contributed by atoms with E-state index < -0.39 is 0 Å². The van der Waals surface area contributed by atoms with Crippen LogP contribution in [-0.4, -0.2) is 23.6 Å². The Bertz CT molecular complexity index is 577. The molecule has 0 amide bonds. The summed E-state index contributed by atoms with van der Waals surface area (Å²) >= 11 is 6.07. The van der Waals surface area contributed by atoms with Gasteiger partial charge in [-0.3, -0.25) is 0 Å². The van der Waals surface area contributed by atoms with Gasteiger partial charge in [0.05, 0.1) is 13.3 Å². The molecule has 1 aromatic carbocycles. The van der Waals surface area contributed by atoms with Crippen LogP contribution in [0.5, 0.6) is 6.01 Å². The van der Waals surface area contributed by atoms with Gasteiger partial charge in [0.2, 0.25) is 0 Å². The summed E-state index contributed by atoms with van der Waals surface area (Å²) < 4.78 is 4.99. The molecule has 1 aromatic heterocycles. The molecule has 5 nitrogen and oxygen atoms in total. The van der Waals surface area contributed by atoms with E-state index in [4.69, 9.17) is 22.1 Å². The molecule has 20 heavy (non-hydrogen) atoms. The smallest absolute Gasteiger partial charge is 0.318 e. The molecule has 0 atom stereocenters. The van der Waals surface area contributed by atoms with Gasteiger partial charge >= 0.3 is 6.01 Å². The standard InChI is InChI=1S/C14H17ClN4O/c1-20-14-17-9-12(15)13(19-14)18-11-6-2-4-10(8-11)5-3-7-16/h2,4,6,8-9H,3,5,7,16H2,1H3,(H,17,18,19). The molecule has 0 aliphatic rings. The van der Waals surface area contributed by atoms with Crippen molar-refractivity contribution in [3.05, 3.63) is 41.0 Å². The summed E-state index contributed by atoms with van der Waals surface area (Å²) in [5.74, 6) is 0.523. The lowest BCUT2D eigenvalue weighted by Gasteiger charge is -2.09. The third-order valence-corrected chi connectivity index (χ3v) is 3.04. The fraction of sp³-hybridized carbons (Fsp3) is 0.286. The second-order valence-corrected chi connectivity index (χ2v) is 4.68. The average molecular weight is 293 g/mol. The maximum absolute atomic E-state index is 6.07. The second-order valence-electron chi connectivity index (χ2n) is 4.27. The van der Waals surface area contributed by atoms with Crippen molar-refractivity contribution in [2.45, 2.75) is 12.8 Å². The molecule has 0 unspecified atom stereocenters. The number of hydrogen-bond donors (Lipinski definition) is 2. The first-order valence-corrected chi connectivity index (χ1v) is 6.73. The zero-order chi connectivity index (χ0) is 14.4. The van der Waals surface area contributed by atoms with Gasteiger partial charge in [0.25, 0.3) is 0 Å². The number of nitrogens with one attached hydrogen (secondary N) is 1. The van der Waals surface area contributed by atoms with Crippen molar-refractivity contribution < 1.29 is 4.74 Å². The number of nitrogens with two attached hydrogens (primary N) is 1. The van der Waals surface area contributed by atoms with Crippen LogP contribution in [0.15, 0.2) is 30.5 Å². The van der Waals surface area contributed by atoms with Gasteiger partial charge in [-0.1, -0.05) is 23.7 Å². The SMILES string of the molecule is COc1ncc(Cl)c(Nc2cccc(CCCN)c2)n1. The van der Waals surface area contributed by atoms with Crippen molar-refractivity contribution in [1.82, 2.24) is 9.97 Å². The van der Waals surface area contributed by atoms with Gasteiger partial charge in [-0.15, -0.1) is 0 Å². The number of anilines is 2. The van der Waals surface area contributed by atoms with Gasteiger partial charge in [0, 0.05) is 5.69 Å². The molecule has 2 aromatic rings. The molecule has 0 saturated carbocycles. The second kappa shape index (κ2) is 7.07. The highest BCUT2D eigenvalue weighted by molar-refractivity contribution is 6.32. The summed E-state index contributed by atoms with van der Waals surface area (Å²) in [5.41, 5.74) is 7.66. The first-order chi connectivity index (χ1) is 9.72. The predicted molar refractivity (Wildman–Crippen MR) is 80.7 cm³/mol. The van der Waals surface area contributed by atoms with Crippen LogP contribution in [0.25, 0.3) is 0 Å². The van der Waals surface area contributed by atoms with Gasteiger partial charge in [-0.05, 0) is 37.1 Å². The van der Waals surface area contributed by atoms with E-state index in [1.165, 1.54) is 18.9 Å². The van der Waals surface area contributed by atoms with Crippen molar-refractivity contribution in [3.63, 3.8) is 0 Å². The third-order valence-electron chi connectivity index (χ3n) is 2.76. The summed E-state index contributed by atoms with van der Waals surface area (Å²) in [6.07, 6.45) is 3.42. The number of aryl methyl sites for hydroxylation is 1. The lowest BCUT2D eigenvalue weighted by molar-refractivity contribution is 0.380. The lowest BCUT2D eigenvalue weighted by atomic mass is 10.1. The largest absolute Gasteiger partial charge is 0.467 e. The number of halogens is 1. The number of hydrogen-bond acceptors (Lipinski definition) is 5. The summed E-state index contributed by atoms with van der Waals surface area (Å²) in [6.45, 7) is 0.687. The molecule has 6 heteroatoms. The first-order valence-electron chi connectivity index (χ1n) is 6.35. The van der Waals surface area contributed by atoms with Crippen LogP contribution in [0.4, 0.5) is 11.5 Å². The Labute approximate surface area is 123 Å². The van der Waals surface area contributed by atoms with Gasteiger partial charge < -0.3 is 15.8 Å². The Balaban J connectivity index is 2.17. The highest BCUT2D eigenvalue weighted by Gasteiger charge is 2.06. The Morgan fingerprint density at radius 3 is 3.00 bits per heavy atom. The Kier molecular flexibility index (Phi) is 5.15. The minimum absolute atomic E-state index is 0.274. The van der Waals surface area contributed by atoms with E-state index in [1.54, 1.807) is 0 Å². The van der Waals surface area contributed by atoms with Gasteiger partial charge in [-0.25, -0.2) is 4.98 Å². The Hall–Kier alpha value is -1.85. The number of ether oxygens (including phenoxy) is 1. The summed E-state index contributed by atoms with van der Waals surface area (Å²) in [6, 6.07) is 8.34. The number of nitrogens with zero attached hydrogens (tertiary/aromatic N) is 2. The monoisotopic (exact) mass is 292 g/mol. The van der Waals surface area contributed by atoms with Gasteiger partial charge in [0.15, 0.2) is 5.82 Å². The molecule has 0 fully saturated rings. The minimum Gasteiger partial charge on any atom is -0.467 e. The van der Waals surface area contributed by atoms with Gasteiger partial charge in [-0.2, -0.15) is 4.98 Å². The van der Waals surface area contributed by atoms with Crippen LogP contribution < -0.4 is 15.8 Å². The van der Waals surface area contributed by atoms with Crippen LogP contribution >= 0.6 is 11.6 Å². The van der Waals surface area contributed by atoms with Gasteiger partial charge in [0.1, 0.15) is 5.02 Å². The summed E-state index contributed by atoms with van der Waals surface area (Å²) in [4.78, 5) is 8.12. The molecule has 1 heterocycles. The zero-order valence-electron chi connectivity index (χ0n) is 11.3. The van der Waals surface area contributed by atoms with E-state index in [0.717, 1.165) is 18.5 Å². The Morgan fingerprint density at radius 2 is 2.25 bits per heavy atom. The molecular weight excluding hydrogens is 276 g/mol. The molecule has 0 aliphatic heterocycles. The molecule has 106 valence electrons. The molecule has 0 aliphatic carbocycles. The lowest BCUT2D eigenvalue weighted by Crippen LogP contribution is -2.01. The maximum Gasteiger partial charge on any atom is 0.318 e. The van der Waals surface area contributed by atoms with Crippen molar-refractivity contribution in [1.29, 1.82) is 0 Å². The van der Waals surface area contributed by atoms with Crippen molar-refractivity contribution in [3.8, 4) is 6.01 Å². The average Bonchev–Trinajstić information content (AvgIpc) is 2.48. The predicted octanol–water partition coefficient (Wildman–Crippen LogP) is 2.77. The van der Waals surface area contributed by atoms with Crippen LogP contribution in [0, 0.1) is 0 Å². The molecule has 3 N–H and O–H groups in total. The van der Waals surface area contributed by atoms with Crippen molar-refractivity contribution in [2.75, 3.05) is 19.0 Å². The highest BCUT2D eigenvalue weighted by atomic mass is 35.5. The van der Waals surface area contributed by atoms with Crippen LogP contribution in [-0.2, 0) is 6.42 Å². The minimum atomic E-state index is 0.274. The van der Waals surface area contributed by atoms with E-state index in [0.29, 0.717) is 17.4 Å². The zero-order valence-corrected chi connectivity index (χ0v) is 12.0. The number of benzene rings is 1. The summed E-state index contributed by atoms with van der Waals surface area (Å²) in [5, 5.41) is 3.61. The normalized spacial score (nSPS) is 10.3. The first kappa shape index (κ1) is 14.6. The maximum atomic E-state index is 6.07. The third kappa shape index (κ3) is 3.82. The molecule has 0 bridgehead atoms. The Morgan fingerprint density at radius 1 is 1.40 bits per heavy atom. The molecular formula is C14H17ClN4O. The van der Waals surface area contributed by atoms with E-state index >= 15 is 0 Å². The number of aromatic nitrogens is 2. The van der Waals surface area contributed by atoms with Crippen LogP contribution in [0.3, 0.4) is 0 Å². The molecule has 0 spiro atoms. The molecule has 2 rings (SSSR count). The number of rotatable bonds is 6. The summed E-state index contributed by atoms with van der Waals surface area (Å²) in [7, 11) is 1.51. The topological polar surface area (TPSA) is 73.1 Å². The molecule has 0 saturated heterocycles. The van der Waals surface area contributed by atoms with E-state index in [-0.39, 0.29) is 6.01 Å². The fourth-order valence-electron chi connectivity index (χ4n) is 1.78. The fourth-order valence-corrected chi connectivity index (χ4v) is 1.92. The number of methoxy groups -OCH3 is 1. The van der Waals surface area contributed by atoms with Crippen molar-refractivity contribution in [2.24, 2.45) is 5.73 Å². The quantitative estimate of drug-likeness (QED) is 0.856. The van der Waals surface area contributed by atoms with E-state index in [2.05, 4.69) is 27.4 Å². The van der Waals surface area contributed by atoms with E-state index in [1.807, 2.05) is 12.1 Å². The van der Waals surface area contributed by atoms with Crippen molar-refractivity contribution >= 4 is 23.1 Å². The highest BCUT2D eigenvalue weighted by Crippen LogP contribution is 2.24. The van der Waals surface area contributed by atoms with Crippen LogP contribution in [0.1, 0.15) is 12.0 Å². The van der Waals surface area contributed by atoms with Crippen LogP contribution in [0.2, 0.25) is 5.02 Å². The van der Waals surface area contributed by atoms with E-state index in [9.17, 15) is 0 Å².